The van der Waals surface area contributed by atoms with Crippen LogP contribution >= 0.6 is 35.0 Å². The number of cyclic esters (lactones) is 1. The van der Waals surface area contributed by atoms with Crippen LogP contribution in [0.5, 0.6) is 0 Å². The first-order valence-electron chi connectivity index (χ1n) is 6.85. The first-order chi connectivity index (χ1) is 11.0. The second kappa shape index (κ2) is 6.87. The molecule has 0 radical (unpaired) electrons. The number of carbonyl (C=O) groups is 1. The lowest BCUT2D eigenvalue weighted by Gasteiger charge is -2.24. The second-order valence-electron chi connectivity index (χ2n) is 4.96. The molecule has 0 fully saturated rings. The topological polar surface area (TPSA) is 46.5 Å². The molecule has 6 heteroatoms. The number of aliphatic hydroxyl groups is 1. The molecule has 1 aliphatic rings. The number of esters is 1. The van der Waals surface area contributed by atoms with Gasteiger partial charge in [-0.05, 0) is 29.8 Å². The third-order valence-corrected chi connectivity index (χ3v) is 5.24. The lowest BCUT2D eigenvalue weighted by atomic mass is 10.0. The molecule has 0 saturated carbocycles. The second-order valence-corrected chi connectivity index (χ2v) is 6.85. The van der Waals surface area contributed by atoms with Gasteiger partial charge in [-0.1, -0.05) is 59.2 Å². The Morgan fingerprint density at radius 2 is 1.78 bits per heavy atom. The first-order valence-corrected chi connectivity index (χ1v) is 8.43. The van der Waals surface area contributed by atoms with E-state index in [4.69, 9.17) is 27.9 Å². The van der Waals surface area contributed by atoms with Crippen molar-refractivity contribution in [2.45, 2.75) is 17.4 Å². The van der Waals surface area contributed by atoms with E-state index in [2.05, 4.69) is 0 Å². The smallest absolute Gasteiger partial charge is 0.349 e. The number of thioether (sulfide) groups is 1. The third kappa shape index (κ3) is 3.66. The van der Waals surface area contributed by atoms with E-state index in [9.17, 15) is 9.90 Å². The zero-order valence-corrected chi connectivity index (χ0v) is 14.2. The van der Waals surface area contributed by atoms with Crippen molar-refractivity contribution in [2.75, 3.05) is 0 Å². The summed E-state index contributed by atoms with van der Waals surface area (Å²) < 4.78 is 5.44. The molecule has 0 spiro atoms. The average Bonchev–Trinajstić information content (AvgIpc) is 2.53. The summed E-state index contributed by atoms with van der Waals surface area (Å²) in [6.07, 6.45) is -0.296. The van der Waals surface area contributed by atoms with Crippen LogP contribution in [0.3, 0.4) is 0 Å². The summed E-state index contributed by atoms with van der Waals surface area (Å²) in [5, 5.41) is 11.4. The minimum absolute atomic E-state index is 0.00567. The van der Waals surface area contributed by atoms with Crippen molar-refractivity contribution in [1.82, 2.24) is 0 Å². The molecule has 2 aromatic rings. The Morgan fingerprint density at radius 1 is 1.09 bits per heavy atom. The molecule has 0 aromatic heterocycles. The van der Waals surface area contributed by atoms with E-state index < -0.39 is 12.1 Å². The van der Waals surface area contributed by atoms with Gasteiger partial charge in [-0.3, -0.25) is 0 Å². The van der Waals surface area contributed by atoms with Gasteiger partial charge in [0.2, 0.25) is 0 Å². The van der Waals surface area contributed by atoms with Crippen molar-refractivity contribution < 1.29 is 14.6 Å². The Bertz CT molecular complexity index is 772. The Kier molecular flexibility index (Phi) is 4.85. The molecular formula is C17H12Cl2O3S. The number of halogens is 2. The fourth-order valence-corrected chi connectivity index (χ4v) is 3.45. The number of hydrogen-bond donors (Lipinski definition) is 1. The van der Waals surface area contributed by atoms with Crippen LogP contribution in [-0.2, 0) is 9.53 Å². The SMILES string of the molecule is O=C1OC(c2ccc(Cl)cc2)CC(O)=C1Sc1ccccc1Cl. The van der Waals surface area contributed by atoms with Crippen LogP contribution < -0.4 is 0 Å². The van der Waals surface area contributed by atoms with Crippen molar-refractivity contribution in [3.05, 3.63) is 74.8 Å². The number of hydrogen-bond acceptors (Lipinski definition) is 4. The summed E-state index contributed by atoms with van der Waals surface area (Å²) in [6, 6.07) is 14.1. The quantitative estimate of drug-likeness (QED) is 0.724. The maximum Gasteiger partial charge on any atom is 0.349 e. The van der Waals surface area contributed by atoms with E-state index in [1.165, 1.54) is 0 Å². The van der Waals surface area contributed by atoms with E-state index >= 15 is 0 Å². The summed E-state index contributed by atoms with van der Waals surface area (Å²) in [4.78, 5) is 13.1. The largest absolute Gasteiger partial charge is 0.511 e. The zero-order valence-electron chi connectivity index (χ0n) is 11.8. The lowest BCUT2D eigenvalue weighted by Crippen LogP contribution is -2.20. The van der Waals surface area contributed by atoms with Crippen LogP contribution in [0.1, 0.15) is 18.1 Å². The number of ether oxygens (including phenoxy) is 1. The van der Waals surface area contributed by atoms with Crippen LogP contribution in [0.25, 0.3) is 0 Å². The molecule has 23 heavy (non-hydrogen) atoms. The van der Waals surface area contributed by atoms with Crippen molar-refractivity contribution in [1.29, 1.82) is 0 Å². The maximum atomic E-state index is 12.2. The minimum atomic E-state index is -0.557. The van der Waals surface area contributed by atoms with Gasteiger partial charge in [-0.25, -0.2) is 4.79 Å². The van der Waals surface area contributed by atoms with Crippen LogP contribution in [-0.4, -0.2) is 11.1 Å². The highest BCUT2D eigenvalue weighted by atomic mass is 35.5. The van der Waals surface area contributed by atoms with E-state index in [-0.39, 0.29) is 17.1 Å². The average molecular weight is 367 g/mol. The van der Waals surface area contributed by atoms with Crippen LogP contribution in [0.2, 0.25) is 10.0 Å². The molecule has 1 atom stereocenters. The van der Waals surface area contributed by atoms with E-state index in [0.717, 1.165) is 17.3 Å². The van der Waals surface area contributed by atoms with Gasteiger partial charge in [0.15, 0.2) is 0 Å². The molecule has 1 heterocycles. The number of benzene rings is 2. The van der Waals surface area contributed by atoms with Gasteiger partial charge >= 0.3 is 5.97 Å². The Labute approximate surface area is 147 Å². The van der Waals surface area contributed by atoms with E-state index in [1.54, 1.807) is 42.5 Å². The van der Waals surface area contributed by atoms with Gasteiger partial charge in [0, 0.05) is 16.3 Å². The van der Waals surface area contributed by atoms with Crippen LogP contribution in [0.15, 0.2) is 64.1 Å². The van der Waals surface area contributed by atoms with Crippen molar-refractivity contribution in [2.24, 2.45) is 0 Å². The standard InChI is InChI=1S/C17H12Cl2O3S/c18-11-7-5-10(6-8-11)14-9-13(20)16(17(21)22-14)23-15-4-2-1-3-12(15)19/h1-8,14,20H,9H2. The highest BCUT2D eigenvalue weighted by molar-refractivity contribution is 8.04. The summed E-state index contributed by atoms with van der Waals surface area (Å²) in [5.41, 5.74) is 0.788. The fraction of sp³-hybridized carbons (Fsp3) is 0.118. The van der Waals surface area contributed by atoms with Gasteiger partial charge in [-0.15, -0.1) is 0 Å². The minimum Gasteiger partial charge on any atom is -0.511 e. The molecule has 1 aliphatic heterocycles. The fourth-order valence-electron chi connectivity index (χ4n) is 2.21. The predicted molar refractivity (Wildman–Crippen MR) is 91.9 cm³/mol. The van der Waals surface area contributed by atoms with Gasteiger partial charge in [0.1, 0.15) is 16.8 Å². The van der Waals surface area contributed by atoms with Gasteiger partial charge in [0.25, 0.3) is 0 Å². The number of carbonyl (C=O) groups excluding carboxylic acids is 1. The van der Waals surface area contributed by atoms with E-state index in [0.29, 0.717) is 14.9 Å². The summed E-state index contributed by atoms with van der Waals surface area (Å²) in [7, 11) is 0. The first kappa shape index (κ1) is 16.2. The normalized spacial score (nSPS) is 18.0. The number of aliphatic hydroxyl groups excluding tert-OH is 1. The van der Waals surface area contributed by atoms with Crippen molar-refractivity contribution >= 4 is 40.9 Å². The number of rotatable bonds is 3. The molecule has 1 unspecified atom stereocenters. The molecule has 0 saturated heterocycles. The molecular weight excluding hydrogens is 355 g/mol. The lowest BCUT2D eigenvalue weighted by molar-refractivity contribution is -0.146. The predicted octanol–water partition coefficient (Wildman–Crippen LogP) is 5.54. The molecule has 1 N–H and O–H groups in total. The Hall–Kier alpha value is -1.62. The molecule has 3 nitrogen and oxygen atoms in total. The Morgan fingerprint density at radius 3 is 2.43 bits per heavy atom. The molecule has 0 aliphatic carbocycles. The Balaban J connectivity index is 1.83. The van der Waals surface area contributed by atoms with Gasteiger partial charge in [0.05, 0.1) is 5.02 Å². The summed E-state index contributed by atoms with van der Waals surface area (Å²) in [6.45, 7) is 0. The molecule has 0 amide bonds. The molecule has 2 aromatic carbocycles. The van der Waals surface area contributed by atoms with E-state index in [1.807, 2.05) is 6.07 Å². The maximum absolute atomic E-state index is 12.2. The highest BCUT2D eigenvalue weighted by Crippen LogP contribution is 2.40. The monoisotopic (exact) mass is 366 g/mol. The molecule has 118 valence electrons. The molecule has 0 bridgehead atoms. The summed E-state index contributed by atoms with van der Waals surface area (Å²) >= 11 is 13.1. The zero-order chi connectivity index (χ0) is 16.4. The van der Waals surface area contributed by atoms with Crippen LogP contribution in [0.4, 0.5) is 0 Å². The van der Waals surface area contributed by atoms with Crippen LogP contribution in [0, 0.1) is 0 Å². The van der Waals surface area contributed by atoms with Gasteiger partial charge < -0.3 is 9.84 Å². The van der Waals surface area contributed by atoms with Gasteiger partial charge in [-0.2, -0.15) is 0 Å². The highest BCUT2D eigenvalue weighted by Gasteiger charge is 2.31. The summed E-state index contributed by atoms with van der Waals surface area (Å²) in [5.74, 6) is -0.551. The van der Waals surface area contributed by atoms with Crippen molar-refractivity contribution in [3.63, 3.8) is 0 Å². The van der Waals surface area contributed by atoms with Crippen molar-refractivity contribution in [3.8, 4) is 0 Å². The molecule has 3 rings (SSSR count). The third-order valence-electron chi connectivity index (χ3n) is 3.37.